The zero-order chi connectivity index (χ0) is 14.9. The first-order valence-electron chi connectivity index (χ1n) is 5.74. The SMILES string of the molecule is CC(Nc1cc(F)c(F)c(F)c1)c1cc(Cl)ccc1Cl. The van der Waals surface area contributed by atoms with Gasteiger partial charge in [-0.1, -0.05) is 23.2 Å². The lowest BCUT2D eigenvalue weighted by Crippen LogP contribution is -2.08. The molecule has 0 aliphatic rings. The van der Waals surface area contributed by atoms with Gasteiger partial charge in [0.1, 0.15) is 0 Å². The van der Waals surface area contributed by atoms with Crippen molar-refractivity contribution in [3.8, 4) is 0 Å². The van der Waals surface area contributed by atoms with Gasteiger partial charge in [-0.15, -0.1) is 0 Å². The van der Waals surface area contributed by atoms with Crippen LogP contribution in [0, 0.1) is 17.5 Å². The van der Waals surface area contributed by atoms with E-state index in [9.17, 15) is 13.2 Å². The second-order valence-electron chi connectivity index (χ2n) is 4.29. The number of hydrogen-bond acceptors (Lipinski definition) is 1. The summed E-state index contributed by atoms with van der Waals surface area (Å²) in [5, 5.41) is 3.81. The normalized spacial score (nSPS) is 12.3. The van der Waals surface area contributed by atoms with Crippen LogP contribution >= 0.6 is 23.2 Å². The molecule has 0 saturated carbocycles. The summed E-state index contributed by atoms with van der Waals surface area (Å²) in [6, 6.07) is 6.32. The van der Waals surface area contributed by atoms with Crippen LogP contribution in [0.2, 0.25) is 10.0 Å². The number of anilines is 1. The Morgan fingerprint density at radius 1 is 1.00 bits per heavy atom. The van der Waals surface area contributed by atoms with E-state index in [4.69, 9.17) is 23.2 Å². The molecule has 2 aromatic rings. The standard InChI is InChI=1S/C14H10Cl2F3N/c1-7(10-4-8(15)2-3-11(10)16)20-9-5-12(17)14(19)13(18)6-9/h2-7,20H,1H3. The van der Waals surface area contributed by atoms with Gasteiger partial charge in [0.15, 0.2) is 17.5 Å². The van der Waals surface area contributed by atoms with E-state index in [0.717, 1.165) is 12.1 Å². The first kappa shape index (κ1) is 15.0. The van der Waals surface area contributed by atoms with Crippen LogP contribution in [0.25, 0.3) is 0 Å². The van der Waals surface area contributed by atoms with Crippen molar-refractivity contribution in [2.24, 2.45) is 0 Å². The van der Waals surface area contributed by atoms with Crippen LogP contribution in [0.3, 0.4) is 0 Å². The molecule has 0 radical (unpaired) electrons. The van der Waals surface area contributed by atoms with Crippen molar-refractivity contribution in [1.29, 1.82) is 0 Å². The van der Waals surface area contributed by atoms with Crippen molar-refractivity contribution in [3.05, 3.63) is 63.4 Å². The zero-order valence-electron chi connectivity index (χ0n) is 10.4. The van der Waals surface area contributed by atoms with Crippen LogP contribution in [0.4, 0.5) is 18.9 Å². The second kappa shape index (κ2) is 5.94. The van der Waals surface area contributed by atoms with Gasteiger partial charge in [-0.05, 0) is 30.7 Å². The Labute approximate surface area is 124 Å². The van der Waals surface area contributed by atoms with E-state index in [2.05, 4.69) is 5.32 Å². The molecule has 1 N–H and O–H groups in total. The van der Waals surface area contributed by atoms with Crippen LogP contribution in [0.5, 0.6) is 0 Å². The zero-order valence-corrected chi connectivity index (χ0v) is 11.9. The number of hydrogen-bond donors (Lipinski definition) is 1. The maximum atomic E-state index is 13.1. The van der Waals surface area contributed by atoms with Crippen LogP contribution in [-0.4, -0.2) is 0 Å². The number of rotatable bonds is 3. The topological polar surface area (TPSA) is 12.0 Å². The molecule has 6 heteroatoms. The average molecular weight is 320 g/mol. The third kappa shape index (κ3) is 3.19. The summed E-state index contributed by atoms with van der Waals surface area (Å²) in [6.07, 6.45) is 0. The number of nitrogens with one attached hydrogen (secondary N) is 1. The molecule has 0 aliphatic carbocycles. The molecule has 0 bridgehead atoms. The molecule has 0 heterocycles. The van der Waals surface area contributed by atoms with E-state index >= 15 is 0 Å². The lowest BCUT2D eigenvalue weighted by atomic mass is 10.1. The Kier molecular flexibility index (Phi) is 4.45. The lowest BCUT2D eigenvalue weighted by molar-refractivity contribution is 0.447. The number of halogens is 5. The summed E-state index contributed by atoms with van der Waals surface area (Å²) >= 11 is 11.9. The van der Waals surface area contributed by atoms with E-state index in [1.807, 2.05) is 0 Å². The summed E-state index contributed by atoms with van der Waals surface area (Å²) in [6.45, 7) is 1.75. The van der Waals surface area contributed by atoms with Gasteiger partial charge in [0.25, 0.3) is 0 Å². The Bertz CT molecular complexity index is 623. The third-order valence-electron chi connectivity index (χ3n) is 2.79. The van der Waals surface area contributed by atoms with Gasteiger partial charge in [0, 0.05) is 27.9 Å². The van der Waals surface area contributed by atoms with Crippen molar-refractivity contribution < 1.29 is 13.2 Å². The summed E-state index contributed by atoms with van der Waals surface area (Å²) in [4.78, 5) is 0. The summed E-state index contributed by atoms with van der Waals surface area (Å²) < 4.78 is 39.1. The maximum absolute atomic E-state index is 13.1. The minimum absolute atomic E-state index is 0.116. The molecule has 0 fully saturated rings. The summed E-state index contributed by atoms with van der Waals surface area (Å²) in [5.41, 5.74) is 0.786. The average Bonchev–Trinajstić information content (AvgIpc) is 2.38. The molecule has 2 rings (SSSR count). The minimum atomic E-state index is -1.50. The van der Waals surface area contributed by atoms with Crippen LogP contribution in [0.15, 0.2) is 30.3 Å². The van der Waals surface area contributed by atoms with Gasteiger partial charge in [-0.3, -0.25) is 0 Å². The predicted molar refractivity (Wildman–Crippen MR) is 74.8 cm³/mol. The molecular formula is C14H10Cl2F3N. The Morgan fingerprint density at radius 3 is 2.20 bits per heavy atom. The van der Waals surface area contributed by atoms with Crippen molar-refractivity contribution in [3.63, 3.8) is 0 Å². The molecule has 1 atom stereocenters. The van der Waals surface area contributed by atoms with Gasteiger partial charge in [0.2, 0.25) is 0 Å². The van der Waals surface area contributed by atoms with Crippen molar-refractivity contribution in [2.75, 3.05) is 5.32 Å². The van der Waals surface area contributed by atoms with Gasteiger partial charge in [-0.2, -0.15) is 0 Å². The molecule has 106 valence electrons. The fourth-order valence-electron chi connectivity index (χ4n) is 1.81. The Morgan fingerprint density at radius 2 is 1.60 bits per heavy atom. The monoisotopic (exact) mass is 319 g/mol. The first-order chi connectivity index (χ1) is 9.38. The summed E-state index contributed by atoms with van der Waals surface area (Å²) in [7, 11) is 0. The molecule has 0 aromatic heterocycles. The van der Waals surface area contributed by atoms with E-state index in [1.165, 1.54) is 0 Å². The molecule has 20 heavy (non-hydrogen) atoms. The smallest absolute Gasteiger partial charge is 0.194 e. The minimum Gasteiger partial charge on any atom is -0.378 e. The number of benzene rings is 2. The molecular weight excluding hydrogens is 310 g/mol. The van der Waals surface area contributed by atoms with Crippen LogP contribution in [-0.2, 0) is 0 Å². The Hall–Kier alpha value is -1.39. The molecule has 0 aliphatic heterocycles. The van der Waals surface area contributed by atoms with E-state index in [1.54, 1.807) is 25.1 Å². The molecule has 0 spiro atoms. The third-order valence-corrected chi connectivity index (χ3v) is 3.37. The molecule has 1 nitrogen and oxygen atoms in total. The molecule has 2 aromatic carbocycles. The van der Waals surface area contributed by atoms with Crippen molar-refractivity contribution in [1.82, 2.24) is 0 Å². The van der Waals surface area contributed by atoms with Crippen molar-refractivity contribution >= 4 is 28.9 Å². The highest BCUT2D eigenvalue weighted by atomic mass is 35.5. The van der Waals surface area contributed by atoms with Crippen molar-refractivity contribution in [2.45, 2.75) is 13.0 Å². The fraction of sp³-hybridized carbons (Fsp3) is 0.143. The second-order valence-corrected chi connectivity index (χ2v) is 5.13. The highest BCUT2D eigenvalue weighted by molar-refractivity contribution is 6.33. The Balaban J connectivity index is 2.27. The van der Waals surface area contributed by atoms with Gasteiger partial charge in [-0.25, -0.2) is 13.2 Å². The highest BCUT2D eigenvalue weighted by Crippen LogP contribution is 2.29. The highest BCUT2D eigenvalue weighted by Gasteiger charge is 2.14. The predicted octanol–water partition coefficient (Wildman–Crippen LogP) is 5.58. The largest absolute Gasteiger partial charge is 0.378 e. The molecule has 0 saturated heterocycles. The van der Waals surface area contributed by atoms with E-state index in [0.29, 0.717) is 15.6 Å². The van der Waals surface area contributed by atoms with Gasteiger partial charge in [0.05, 0.1) is 6.04 Å². The first-order valence-corrected chi connectivity index (χ1v) is 6.50. The quantitative estimate of drug-likeness (QED) is 0.728. The fourth-order valence-corrected chi connectivity index (χ4v) is 2.27. The van der Waals surface area contributed by atoms with E-state index < -0.39 is 17.5 Å². The molecule has 1 unspecified atom stereocenters. The van der Waals surface area contributed by atoms with E-state index in [-0.39, 0.29) is 11.7 Å². The van der Waals surface area contributed by atoms with Gasteiger partial charge >= 0.3 is 0 Å². The lowest BCUT2D eigenvalue weighted by Gasteiger charge is -2.17. The maximum Gasteiger partial charge on any atom is 0.194 e. The van der Waals surface area contributed by atoms with Crippen LogP contribution in [0.1, 0.15) is 18.5 Å². The van der Waals surface area contributed by atoms with Gasteiger partial charge < -0.3 is 5.32 Å². The molecule has 0 amide bonds. The van der Waals surface area contributed by atoms with Crippen LogP contribution < -0.4 is 5.32 Å². The summed E-state index contributed by atoms with van der Waals surface area (Å²) in [5.74, 6) is -4.00.